The van der Waals surface area contributed by atoms with E-state index in [1.54, 1.807) is 22.0 Å². The fourth-order valence-corrected chi connectivity index (χ4v) is 5.32. The second kappa shape index (κ2) is 9.88. The highest BCUT2D eigenvalue weighted by atomic mass is 16.5. The molecule has 3 aromatic heterocycles. The van der Waals surface area contributed by atoms with Gasteiger partial charge in [0.2, 0.25) is 0 Å². The molecule has 3 atom stereocenters. The summed E-state index contributed by atoms with van der Waals surface area (Å²) in [5.74, 6) is -0.686. The number of pyridine rings is 1. The minimum atomic E-state index is -0.713. The van der Waals surface area contributed by atoms with Crippen LogP contribution in [0, 0.1) is 5.92 Å². The van der Waals surface area contributed by atoms with Gasteiger partial charge in [-0.15, -0.1) is 0 Å². The number of piperidine rings is 1. The minimum Gasteiger partial charge on any atom is -0.383 e. The van der Waals surface area contributed by atoms with Crippen molar-refractivity contribution in [3.8, 4) is 0 Å². The average Bonchev–Trinajstić information content (AvgIpc) is 3.54. The third-order valence-corrected chi connectivity index (χ3v) is 7.14. The van der Waals surface area contributed by atoms with E-state index in [0.717, 1.165) is 37.8 Å². The van der Waals surface area contributed by atoms with E-state index in [-0.39, 0.29) is 18.3 Å². The van der Waals surface area contributed by atoms with Crippen molar-refractivity contribution in [3.05, 3.63) is 30.4 Å². The Morgan fingerprint density at radius 2 is 2.00 bits per heavy atom. The number of hydrogen-bond acceptors (Lipinski definition) is 7. The van der Waals surface area contributed by atoms with Gasteiger partial charge in [-0.2, -0.15) is 10.2 Å². The van der Waals surface area contributed by atoms with E-state index < -0.39 is 11.8 Å². The Kier molecular flexibility index (Phi) is 6.65. The van der Waals surface area contributed by atoms with Gasteiger partial charge in [0, 0.05) is 25.4 Å². The number of amides is 2. The molecule has 5 rings (SSSR count). The van der Waals surface area contributed by atoms with Gasteiger partial charge >= 0.3 is 11.8 Å². The Bertz CT molecular complexity index is 1260. The van der Waals surface area contributed by atoms with Crippen molar-refractivity contribution in [1.82, 2.24) is 29.4 Å². The molecule has 0 aromatic carbocycles. The number of nitrogens with zero attached hydrogens (tertiary/aromatic N) is 6. The highest BCUT2D eigenvalue weighted by Gasteiger charge is 2.36. The third kappa shape index (κ3) is 4.43. The van der Waals surface area contributed by atoms with Crippen LogP contribution < -0.4 is 11.1 Å². The molecule has 11 heteroatoms. The second-order valence-electron chi connectivity index (χ2n) is 10.1. The number of nitrogens with one attached hydrogen (secondary N) is 1. The molecular weight excluding hydrogens is 460 g/mol. The number of carbonyl (C=O) groups excluding carboxylic acids is 2. The van der Waals surface area contributed by atoms with Crippen molar-refractivity contribution in [3.63, 3.8) is 0 Å². The topological polar surface area (TPSA) is 133 Å². The highest BCUT2D eigenvalue weighted by Crippen LogP contribution is 2.35. The summed E-state index contributed by atoms with van der Waals surface area (Å²) in [5.41, 5.74) is 8.04. The van der Waals surface area contributed by atoms with Gasteiger partial charge in [-0.3, -0.25) is 14.3 Å². The SMILES string of the molecule is CC(C)n1nccc1[C@@H]1CC[C@H](C)CN1C(=O)C(=O)Nc1cnc(N)c2cnn(C3CCCCO3)c12. The van der Waals surface area contributed by atoms with E-state index >= 15 is 0 Å². The fraction of sp³-hybridized carbons (Fsp3) is 0.560. The predicted octanol–water partition coefficient (Wildman–Crippen LogP) is 3.43. The molecule has 3 N–H and O–H groups in total. The lowest BCUT2D eigenvalue weighted by atomic mass is 9.92. The lowest BCUT2D eigenvalue weighted by molar-refractivity contribution is -0.146. The second-order valence-corrected chi connectivity index (χ2v) is 10.1. The summed E-state index contributed by atoms with van der Waals surface area (Å²) in [6.45, 7) is 7.36. The maximum atomic E-state index is 13.6. The van der Waals surface area contributed by atoms with Crippen molar-refractivity contribution >= 4 is 34.2 Å². The van der Waals surface area contributed by atoms with Crippen LogP contribution in [0.5, 0.6) is 0 Å². The molecule has 2 aliphatic heterocycles. The van der Waals surface area contributed by atoms with E-state index in [1.165, 1.54) is 6.20 Å². The normalized spacial score (nSPS) is 22.8. The van der Waals surface area contributed by atoms with E-state index in [1.807, 2.05) is 10.7 Å². The first-order chi connectivity index (χ1) is 17.3. The number of carbonyl (C=O) groups is 2. The molecule has 5 heterocycles. The monoisotopic (exact) mass is 494 g/mol. The molecule has 0 bridgehead atoms. The molecule has 2 amide bonds. The quantitative estimate of drug-likeness (QED) is 0.531. The predicted molar refractivity (Wildman–Crippen MR) is 135 cm³/mol. The standard InChI is InChI=1S/C25H34N8O3/c1-15(2)32-20(9-10-28-32)19-8-7-16(3)14-31(19)25(35)24(34)30-18-13-27-23(26)17-12-29-33(22(17)18)21-6-4-5-11-36-21/h9-10,12-13,15-16,19,21H,4-8,11,14H2,1-3H3,(H2,26,27)(H,30,34)/t16-,19-,21?/m0/s1. The van der Waals surface area contributed by atoms with Crippen LogP contribution in [-0.2, 0) is 14.3 Å². The van der Waals surface area contributed by atoms with Crippen molar-refractivity contribution < 1.29 is 14.3 Å². The van der Waals surface area contributed by atoms with Crippen molar-refractivity contribution in [2.24, 2.45) is 5.92 Å². The van der Waals surface area contributed by atoms with Crippen LogP contribution >= 0.6 is 0 Å². The number of ether oxygens (including phenoxy) is 1. The molecule has 0 spiro atoms. The van der Waals surface area contributed by atoms with Crippen LogP contribution in [-0.4, -0.2) is 54.4 Å². The number of likely N-dealkylation sites (tertiary alicyclic amines) is 1. The zero-order valence-corrected chi connectivity index (χ0v) is 21.1. The number of rotatable bonds is 4. The summed E-state index contributed by atoms with van der Waals surface area (Å²) in [5, 5.41) is 12.3. The van der Waals surface area contributed by atoms with E-state index in [4.69, 9.17) is 10.5 Å². The van der Waals surface area contributed by atoms with Crippen molar-refractivity contribution in [1.29, 1.82) is 0 Å². The van der Waals surface area contributed by atoms with Gasteiger partial charge in [0.05, 0.1) is 35.2 Å². The van der Waals surface area contributed by atoms with Crippen LogP contribution in [0.15, 0.2) is 24.7 Å². The van der Waals surface area contributed by atoms with Gasteiger partial charge in [0.25, 0.3) is 0 Å². The molecule has 1 unspecified atom stereocenters. The summed E-state index contributed by atoms with van der Waals surface area (Å²) >= 11 is 0. The molecule has 36 heavy (non-hydrogen) atoms. The first-order valence-corrected chi connectivity index (χ1v) is 12.7. The van der Waals surface area contributed by atoms with Crippen LogP contribution in [0.25, 0.3) is 10.9 Å². The molecule has 0 aliphatic carbocycles. The Labute approximate surface area is 210 Å². The number of hydrogen-bond donors (Lipinski definition) is 2. The van der Waals surface area contributed by atoms with Gasteiger partial charge in [0.15, 0.2) is 6.23 Å². The summed E-state index contributed by atoms with van der Waals surface area (Å²) in [6.07, 6.45) is 9.19. The van der Waals surface area contributed by atoms with E-state index in [9.17, 15) is 9.59 Å². The highest BCUT2D eigenvalue weighted by molar-refractivity contribution is 6.40. The largest absolute Gasteiger partial charge is 0.383 e. The summed E-state index contributed by atoms with van der Waals surface area (Å²) in [6, 6.07) is 1.88. The smallest absolute Gasteiger partial charge is 0.314 e. The molecule has 0 saturated carbocycles. The van der Waals surface area contributed by atoms with Gasteiger partial charge in [-0.1, -0.05) is 6.92 Å². The molecule has 11 nitrogen and oxygen atoms in total. The van der Waals surface area contributed by atoms with Gasteiger partial charge in [-0.05, 0) is 57.9 Å². The van der Waals surface area contributed by atoms with Gasteiger partial charge in [-0.25, -0.2) is 9.67 Å². The molecular formula is C25H34N8O3. The molecule has 0 radical (unpaired) electrons. The zero-order chi connectivity index (χ0) is 25.4. The number of fused-ring (bicyclic) bond motifs is 1. The maximum Gasteiger partial charge on any atom is 0.314 e. The van der Waals surface area contributed by atoms with Crippen LogP contribution in [0.3, 0.4) is 0 Å². The number of nitrogen functional groups attached to an aromatic ring is 1. The minimum absolute atomic E-state index is 0.150. The Balaban J connectivity index is 1.44. The lowest BCUT2D eigenvalue weighted by Gasteiger charge is -2.38. The van der Waals surface area contributed by atoms with E-state index in [0.29, 0.717) is 41.5 Å². The lowest BCUT2D eigenvalue weighted by Crippen LogP contribution is -2.47. The number of nitrogens with two attached hydrogens (primary N) is 1. The molecule has 2 fully saturated rings. The zero-order valence-electron chi connectivity index (χ0n) is 21.1. The third-order valence-electron chi connectivity index (χ3n) is 7.14. The van der Waals surface area contributed by atoms with Gasteiger partial charge < -0.3 is 20.7 Å². The molecule has 192 valence electrons. The summed E-state index contributed by atoms with van der Waals surface area (Å²) in [7, 11) is 0. The average molecular weight is 495 g/mol. The van der Waals surface area contributed by atoms with Crippen LogP contribution in [0.4, 0.5) is 11.5 Å². The van der Waals surface area contributed by atoms with Crippen molar-refractivity contribution in [2.75, 3.05) is 24.2 Å². The van der Waals surface area contributed by atoms with Gasteiger partial charge in [0.1, 0.15) is 11.3 Å². The van der Waals surface area contributed by atoms with E-state index in [2.05, 4.69) is 41.3 Å². The molecule has 2 saturated heterocycles. The summed E-state index contributed by atoms with van der Waals surface area (Å²) in [4.78, 5) is 32.8. The summed E-state index contributed by atoms with van der Waals surface area (Å²) < 4.78 is 9.57. The molecule has 2 aliphatic rings. The first-order valence-electron chi connectivity index (χ1n) is 12.7. The maximum absolute atomic E-state index is 13.6. The van der Waals surface area contributed by atoms with Crippen LogP contribution in [0.1, 0.15) is 76.9 Å². The Morgan fingerprint density at radius 1 is 1.17 bits per heavy atom. The Morgan fingerprint density at radius 3 is 2.75 bits per heavy atom. The van der Waals surface area contributed by atoms with Crippen molar-refractivity contribution in [2.45, 2.75) is 71.2 Å². The number of aromatic nitrogens is 5. The first kappa shape index (κ1) is 24.2. The number of anilines is 2. The molecule has 3 aromatic rings. The van der Waals surface area contributed by atoms with Crippen LogP contribution in [0.2, 0.25) is 0 Å². The fourth-order valence-electron chi connectivity index (χ4n) is 5.32. The Hall–Kier alpha value is -3.47.